The van der Waals surface area contributed by atoms with E-state index in [4.69, 9.17) is 0 Å². The summed E-state index contributed by atoms with van der Waals surface area (Å²) >= 11 is 0. The van der Waals surface area contributed by atoms with Crippen molar-refractivity contribution in [2.75, 3.05) is 0 Å². The van der Waals surface area contributed by atoms with E-state index in [0.29, 0.717) is 5.56 Å². The van der Waals surface area contributed by atoms with Crippen LogP contribution >= 0.6 is 0 Å². The van der Waals surface area contributed by atoms with E-state index in [1.54, 1.807) is 0 Å². The number of para-hydroxylation sites is 6. The molecule has 0 saturated heterocycles. The molecular formula is C61H38F2N4. The van der Waals surface area contributed by atoms with Gasteiger partial charge in [-0.1, -0.05) is 127 Å². The highest BCUT2D eigenvalue weighted by Crippen LogP contribution is 2.44. The monoisotopic (exact) mass is 864 g/mol. The number of benzene rings is 10. The summed E-state index contributed by atoms with van der Waals surface area (Å²) in [6.07, 6.45) is 0. The van der Waals surface area contributed by atoms with Crippen LogP contribution in [0.3, 0.4) is 0 Å². The highest BCUT2D eigenvalue weighted by atomic mass is 19.1. The lowest BCUT2D eigenvalue weighted by Gasteiger charge is -2.21. The Hall–Kier alpha value is -8.74. The van der Waals surface area contributed by atoms with Gasteiger partial charge in [0, 0.05) is 54.5 Å². The number of nitrogens with zero attached hydrogens (tertiary/aromatic N) is 4. The van der Waals surface area contributed by atoms with Crippen molar-refractivity contribution in [1.29, 1.82) is 0 Å². The quantitative estimate of drug-likeness (QED) is 0.164. The van der Waals surface area contributed by atoms with Gasteiger partial charge in [0.25, 0.3) is 0 Å². The highest BCUT2D eigenvalue weighted by molar-refractivity contribution is 6.14. The highest BCUT2D eigenvalue weighted by Gasteiger charge is 2.25. The summed E-state index contributed by atoms with van der Waals surface area (Å²) in [5.74, 6) is -1.21. The standard InChI is InChI=1S/C61H38F2N4/c1-37-33-59(66-55-27-12-6-19-44(55)46-31-29-38(34-57(46)66)64-51-23-8-2-15-40(51)41-16-3-9-24-52(41)64)60(36-48(37)61-49(62)21-14-22-50(61)63)67-56-28-13-7-20-45(56)47-32-30-39(35-58(47)67)65-53-25-10-4-17-42(53)43-18-5-11-26-54(43)65/h2-36H,1H3. The average molecular weight is 865 g/mol. The molecule has 0 unspecified atom stereocenters. The van der Waals surface area contributed by atoms with Crippen molar-refractivity contribution < 1.29 is 8.78 Å². The summed E-state index contributed by atoms with van der Waals surface area (Å²) in [4.78, 5) is 0. The summed E-state index contributed by atoms with van der Waals surface area (Å²) in [6.45, 7) is 1.96. The first-order valence-corrected chi connectivity index (χ1v) is 22.7. The Labute approximate surface area is 383 Å². The Bertz CT molecular complexity index is 4260. The zero-order chi connectivity index (χ0) is 44.5. The second kappa shape index (κ2) is 14.1. The minimum Gasteiger partial charge on any atom is -0.309 e. The van der Waals surface area contributed by atoms with Crippen molar-refractivity contribution >= 4 is 87.2 Å². The van der Waals surface area contributed by atoms with E-state index in [1.165, 1.54) is 39.7 Å². The summed E-state index contributed by atoms with van der Waals surface area (Å²) in [7, 11) is 0. The number of aryl methyl sites for hydroxylation is 1. The van der Waals surface area contributed by atoms with Gasteiger partial charge in [0.05, 0.1) is 61.1 Å². The fourth-order valence-corrected chi connectivity index (χ4v) is 11.2. The van der Waals surface area contributed by atoms with Crippen LogP contribution in [-0.4, -0.2) is 18.3 Å². The molecule has 0 atom stereocenters. The zero-order valence-electron chi connectivity index (χ0n) is 36.3. The van der Waals surface area contributed by atoms with E-state index in [1.807, 2.05) is 13.0 Å². The predicted molar refractivity (Wildman–Crippen MR) is 274 cm³/mol. The van der Waals surface area contributed by atoms with Crippen LogP contribution in [0.15, 0.2) is 212 Å². The Morgan fingerprint density at radius 1 is 0.284 bits per heavy atom. The topological polar surface area (TPSA) is 19.7 Å². The molecule has 10 aromatic carbocycles. The van der Waals surface area contributed by atoms with Gasteiger partial charge in [0.2, 0.25) is 0 Å². The molecule has 4 heterocycles. The predicted octanol–water partition coefficient (Wildman–Crippen LogP) is 16.3. The molecule has 14 rings (SSSR count). The Kier molecular flexibility index (Phi) is 7.93. The molecule has 4 aromatic heterocycles. The van der Waals surface area contributed by atoms with Crippen molar-refractivity contribution in [3.05, 3.63) is 230 Å². The molecule has 0 amide bonds. The van der Waals surface area contributed by atoms with Crippen LogP contribution in [0.4, 0.5) is 8.78 Å². The largest absolute Gasteiger partial charge is 0.309 e. The Morgan fingerprint density at radius 3 is 0.970 bits per heavy atom. The number of rotatable bonds is 5. The lowest BCUT2D eigenvalue weighted by Crippen LogP contribution is -2.06. The summed E-state index contributed by atoms with van der Waals surface area (Å²) in [5.41, 5.74) is 13.4. The van der Waals surface area contributed by atoms with Gasteiger partial charge < -0.3 is 18.3 Å². The van der Waals surface area contributed by atoms with Gasteiger partial charge in [-0.3, -0.25) is 0 Å². The molecule has 0 saturated carbocycles. The zero-order valence-corrected chi connectivity index (χ0v) is 36.3. The Balaban J connectivity index is 1.12. The SMILES string of the molecule is Cc1cc(-n2c3ccccc3c3ccc(-n4c5ccccc5c5ccccc54)cc32)c(-n2c3ccccc3c3ccc(-n4c5ccccc5c5ccccc54)cc32)cc1-c1c(F)cccc1F. The Morgan fingerprint density at radius 2 is 0.597 bits per heavy atom. The average Bonchev–Trinajstić information content (AvgIpc) is 4.09. The minimum absolute atomic E-state index is 0.0459. The first-order chi connectivity index (χ1) is 33.0. The third-order valence-corrected chi connectivity index (χ3v) is 14.0. The second-order valence-electron chi connectivity index (χ2n) is 17.6. The summed E-state index contributed by atoms with van der Waals surface area (Å²) < 4.78 is 41.5. The molecule has 6 heteroatoms. The maximum absolute atomic E-state index is 16.1. The van der Waals surface area contributed by atoms with Gasteiger partial charge in [0.15, 0.2) is 0 Å². The molecule has 14 aromatic rings. The molecule has 0 bridgehead atoms. The van der Waals surface area contributed by atoms with Crippen LogP contribution < -0.4 is 0 Å². The molecule has 4 nitrogen and oxygen atoms in total. The lowest BCUT2D eigenvalue weighted by molar-refractivity contribution is 0.589. The van der Waals surface area contributed by atoms with Gasteiger partial charge in [-0.25, -0.2) is 8.78 Å². The summed E-state index contributed by atoms with van der Waals surface area (Å²) in [6, 6.07) is 72.9. The lowest BCUT2D eigenvalue weighted by atomic mass is 9.97. The molecule has 0 radical (unpaired) electrons. The van der Waals surface area contributed by atoms with E-state index < -0.39 is 11.6 Å². The maximum atomic E-state index is 16.1. The van der Waals surface area contributed by atoms with Crippen molar-refractivity contribution in [3.8, 4) is 33.9 Å². The van der Waals surface area contributed by atoms with Crippen LogP contribution in [0.1, 0.15) is 5.56 Å². The van der Waals surface area contributed by atoms with Crippen molar-refractivity contribution in [1.82, 2.24) is 18.3 Å². The fourth-order valence-electron chi connectivity index (χ4n) is 11.2. The molecule has 0 N–H and O–H groups in total. The van der Waals surface area contributed by atoms with Crippen molar-refractivity contribution in [3.63, 3.8) is 0 Å². The molecule has 0 fully saturated rings. The molecule has 67 heavy (non-hydrogen) atoms. The van der Waals surface area contributed by atoms with Gasteiger partial charge in [0.1, 0.15) is 11.6 Å². The van der Waals surface area contributed by atoms with Crippen LogP contribution in [-0.2, 0) is 0 Å². The van der Waals surface area contributed by atoms with Crippen LogP contribution in [0.25, 0.3) is 121 Å². The third-order valence-electron chi connectivity index (χ3n) is 14.0. The molecular weight excluding hydrogens is 827 g/mol. The van der Waals surface area contributed by atoms with Crippen molar-refractivity contribution in [2.24, 2.45) is 0 Å². The first-order valence-electron chi connectivity index (χ1n) is 22.7. The number of fused-ring (bicyclic) bond motifs is 12. The van der Waals surface area contributed by atoms with Crippen LogP contribution in [0, 0.1) is 18.6 Å². The van der Waals surface area contributed by atoms with Gasteiger partial charge in [-0.05, 0) is 103 Å². The van der Waals surface area contributed by atoms with Crippen LogP contribution in [0.2, 0.25) is 0 Å². The third kappa shape index (κ3) is 5.32. The summed E-state index contributed by atoms with van der Waals surface area (Å²) in [5, 5.41) is 9.11. The number of hydrogen-bond donors (Lipinski definition) is 0. The molecule has 0 aliphatic carbocycles. The first kappa shape index (κ1) is 37.6. The van der Waals surface area contributed by atoms with E-state index in [2.05, 4.69) is 206 Å². The van der Waals surface area contributed by atoms with E-state index >= 15 is 8.78 Å². The van der Waals surface area contributed by atoms with Gasteiger partial charge in [-0.2, -0.15) is 0 Å². The second-order valence-corrected chi connectivity index (χ2v) is 17.6. The van der Waals surface area contributed by atoms with Crippen LogP contribution in [0.5, 0.6) is 0 Å². The number of hydrogen-bond acceptors (Lipinski definition) is 0. The van der Waals surface area contributed by atoms with E-state index in [-0.39, 0.29) is 5.56 Å². The molecule has 0 aliphatic heterocycles. The fraction of sp³-hybridized carbons (Fsp3) is 0.0164. The maximum Gasteiger partial charge on any atom is 0.133 e. The minimum atomic E-state index is -0.606. The van der Waals surface area contributed by atoms with Gasteiger partial charge in [-0.15, -0.1) is 0 Å². The van der Waals surface area contributed by atoms with Gasteiger partial charge >= 0.3 is 0 Å². The number of halogens is 2. The van der Waals surface area contributed by atoms with E-state index in [9.17, 15) is 0 Å². The molecule has 0 spiro atoms. The smallest absolute Gasteiger partial charge is 0.133 e. The number of aromatic nitrogens is 4. The van der Waals surface area contributed by atoms with E-state index in [0.717, 1.165) is 94.0 Å². The van der Waals surface area contributed by atoms with Crippen molar-refractivity contribution in [2.45, 2.75) is 6.92 Å². The molecule has 0 aliphatic rings. The normalized spacial score (nSPS) is 12.1. The molecule has 316 valence electrons.